The molecule has 3 heterocycles. The van der Waals surface area contributed by atoms with Crippen molar-refractivity contribution in [2.75, 3.05) is 6.61 Å². The molecule has 1 aliphatic carbocycles. The quantitative estimate of drug-likeness (QED) is 0.508. The fourth-order valence-corrected chi connectivity index (χ4v) is 6.35. The molecule has 2 atom stereocenters. The summed E-state index contributed by atoms with van der Waals surface area (Å²) in [5, 5.41) is 4.15. The highest BCUT2D eigenvalue weighted by Crippen LogP contribution is 2.45. The molecule has 0 saturated carbocycles. The Morgan fingerprint density at radius 3 is 2.18 bits per heavy atom. The third-order valence-corrected chi connectivity index (χ3v) is 7.88. The van der Waals surface area contributed by atoms with Gasteiger partial charge in [0.05, 0.1) is 11.8 Å². The number of nitrogens with zero attached hydrogens (tertiary/aromatic N) is 3. The zero-order chi connectivity index (χ0) is 23.2. The summed E-state index contributed by atoms with van der Waals surface area (Å²) in [6.07, 6.45) is 7.56. The summed E-state index contributed by atoms with van der Waals surface area (Å²) in [4.78, 5) is 28.4. The van der Waals surface area contributed by atoms with Gasteiger partial charge in [0.15, 0.2) is 5.78 Å². The highest BCUT2D eigenvalue weighted by Gasteiger charge is 2.44. The van der Waals surface area contributed by atoms with Crippen LogP contribution in [0.2, 0.25) is 0 Å². The number of aryl methyl sites for hydroxylation is 1. The highest BCUT2D eigenvalue weighted by atomic mass is 16.6. The Morgan fingerprint density at radius 2 is 1.59 bits per heavy atom. The summed E-state index contributed by atoms with van der Waals surface area (Å²) in [5.74, 6) is 0.148. The summed E-state index contributed by atoms with van der Waals surface area (Å²) in [6.45, 7) is 0.334. The Hall–Kier alpha value is -3.41. The maximum atomic E-state index is 13.3. The maximum absolute atomic E-state index is 13.3. The van der Waals surface area contributed by atoms with Crippen LogP contribution in [0, 0.1) is 5.92 Å². The van der Waals surface area contributed by atoms with E-state index in [2.05, 4.69) is 41.5 Å². The van der Waals surface area contributed by atoms with Crippen molar-refractivity contribution in [3.05, 3.63) is 77.6 Å². The molecule has 6 rings (SSSR count). The molecule has 2 saturated heterocycles. The smallest absolute Gasteiger partial charge is 0.410 e. The lowest BCUT2D eigenvalue weighted by atomic mass is 9.76. The molecule has 0 radical (unpaired) electrons. The van der Waals surface area contributed by atoms with Crippen molar-refractivity contribution >= 4 is 11.9 Å². The highest BCUT2D eigenvalue weighted by molar-refractivity contribution is 5.97. The van der Waals surface area contributed by atoms with Gasteiger partial charge >= 0.3 is 6.09 Å². The van der Waals surface area contributed by atoms with Crippen LogP contribution < -0.4 is 0 Å². The van der Waals surface area contributed by atoms with Gasteiger partial charge in [-0.05, 0) is 54.4 Å². The van der Waals surface area contributed by atoms with E-state index in [0.29, 0.717) is 25.0 Å². The van der Waals surface area contributed by atoms with Crippen molar-refractivity contribution in [2.24, 2.45) is 13.0 Å². The molecular formula is C28H29N3O3. The number of aromatic nitrogens is 2. The van der Waals surface area contributed by atoms with Crippen LogP contribution in [-0.4, -0.2) is 45.2 Å². The molecule has 2 unspecified atom stereocenters. The molecular weight excluding hydrogens is 426 g/mol. The van der Waals surface area contributed by atoms with Gasteiger partial charge in [-0.3, -0.25) is 9.48 Å². The molecule has 3 aliphatic rings. The van der Waals surface area contributed by atoms with Crippen molar-refractivity contribution in [2.45, 2.75) is 50.1 Å². The van der Waals surface area contributed by atoms with Crippen LogP contribution in [0.4, 0.5) is 4.79 Å². The van der Waals surface area contributed by atoms with E-state index in [1.54, 1.807) is 17.1 Å². The van der Waals surface area contributed by atoms with Gasteiger partial charge < -0.3 is 9.64 Å². The Balaban J connectivity index is 1.17. The van der Waals surface area contributed by atoms with Crippen molar-refractivity contribution in [3.8, 4) is 11.1 Å². The van der Waals surface area contributed by atoms with Crippen LogP contribution >= 0.6 is 0 Å². The standard InChI is InChI=1S/C28H29N3O3/c1-30-16-19(15-29-30)27(32)18-13-20-7-6-8-21(14-18)31(20)28(33)34-17-26-24-11-4-2-9-22(24)23-10-3-5-12-25(23)26/h2-5,9-12,15-16,18,20-21,26H,6-8,13-14,17H2,1H3. The second-order valence-corrected chi connectivity index (χ2v) is 9.89. The predicted molar refractivity (Wildman–Crippen MR) is 129 cm³/mol. The summed E-state index contributed by atoms with van der Waals surface area (Å²) in [6, 6.07) is 16.9. The number of fused-ring (bicyclic) bond motifs is 5. The topological polar surface area (TPSA) is 64.4 Å². The Kier molecular flexibility index (Phi) is 5.24. The van der Waals surface area contributed by atoms with Crippen molar-refractivity contribution in [3.63, 3.8) is 0 Å². The summed E-state index contributed by atoms with van der Waals surface area (Å²) >= 11 is 0. The first kappa shape index (κ1) is 21.1. The lowest BCUT2D eigenvalue weighted by molar-refractivity contribution is 0.00651. The fraction of sp³-hybridized carbons (Fsp3) is 0.393. The first-order valence-corrected chi connectivity index (χ1v) is 12.3. The number of amides is 1. The Labute approximate surface area is 199 Å². The molecule has 2 aromatic carbocycles. The fourth-order valence-electron chi connectivity index (χ4n) is 6.35. The number of Topliss-reactive ketones (excluding diaryl/α,β-unsaturated/α-hetero) is 1. The summed E-state index contributed by atoms with van der Waals surface area (Å²) < 4.78 is 7.65. The molecule has 2 aliphatic heterocycles. The van der Waals surface area contributed by atoms with Crippen LogP contribution in [0.1, 0.15) is 59.5 Å². The van der Waals surface area contributed by atoms with E-state index in [9.17, 15) is 9.59 Å². The molecule has 2 bridgehead atoms. The number of piperidine rings is 2. The van der Waals surface area contributed by atoms with Gasteiger partial charge in [-0.15, -0.1) is 0 Å². The molecule has 3 aromatic rings. The number of rotatable bonds is 4. The van der Waals surface area contributed by atoms with Gasteiger partial charge in [-0.2, -0.15) is 5.10 Å². The van der Waals surface area contributed by atoms with E-state index in [4.69, 9.17) is 4.74 Å². The lowest BCUT2D eigenvalue weighted by Gasteiger charge is -2.47. The van der Waals surface area contributed by atoms with E-state index >= 15 is 0 Å². The summed E-state index contributed by atoms with van der Waals surface area (Å²) in [7, 11) is 1.82. The van der Waals surface area contributed by atoms with Crippen LogP contribution in [0.5, 0.6) is 0 Å². The van der Waals surface area contributed by atoms with Gasteiger partial charge in [0.2, 0.25) is 0 Å². The molecule has 6 nitrogen and oxygen atoms in total. The molecule has 0 N–H and O–H groups in total. The number of benzene rings is 2. The summed E-state index contributed by atoms with van der Waals surface area (Å²) in [5.41, 5.74) is 5.56. The molecule has 2 fully saturated rings. The minimum absolute atomic E-state index is 0.0564. The number of carbonyl (C=O) groups excluding carboxylic acids is 2. The second kappa shape index (κ2) is 8.42. The third kappa shape index (κ3) is 3.52. The minimum atomic E-state index is -0.233. The van der Waals surface area contributed by atoms with Crippen LogP contribution in [0.3, 0.4) is 0 Å². The van der Waals surface area contributed by atoms with Gasteiger partial charge in [0.1, 0.15) is 6.61 Å². The molecule has 1 aromatic heterocycles. The zero-order valence-corrected chi connectivity index (χ0v) is 19.4. The van der Waals surface area contributed by atoms with Gasteiger partial charge in [-0.25, -0.2) is 4.79 Å². The third-order valence-electron chi connectivity index (χ3n) is 7.88. The average Bonchev–Trinajstić information content (AvgIpc) is 3.42. The molecule has 174 valence electrons. The SMILES string of the molecule is Cn1cc(C(=O)C2CC3CCCC(C2)N3C(=O)OCC2c3ccccc3-c3ccccc32)cn1. The van der Waals surface area contributed by atoms with E-state index < -0.39 is 0 Å². The van der Waals surface area contributed by atoms with E-state index in [1.165, 1.54) is 22.3 Å². The van der Waals surface area contributed by atoms with E-state index in [0.717, 1.165) is 19.3 Å². The average molecular weight is 456 g/mol. The van der Waals surface area contributed by atoms with Crippen LogP contribution in [0.25, 0.3) is 11.1 Å². The van der Waals surface area contributed by atoms with Gasteiger partial charge in [0, 0.05) is 37.2 Å². The van der Waals surface area contributed by atoms with E-state index in [-0.39, 0.29) is 35.8 Å². The number of carbonyl (C=O) groups is 2. The Bertz CT molecular complexity index is 1190. The largest absolute Gasteiger partial charge is 0.448 e. The minimum Gasteiger partial charge on any atom is -0.448 e. The maximum Gasteiger partial charge on any atom is 0.410 e. The van der Waals surface area contributed by atoms with Gasteiger partial charge in [0.25, 0.3) is 0 Å². The first-order chi connectivity index (χ1) is 16.6. The predicted octanol–water partition coefficient (Wildman–Crippen LogP) is 5.19. The van der Waals surface area contributed by atoms with Crippen molar-refractivity contribution < 1.29 is 14.3 Å². The van der Waals surface area contributed by atoms with Crippen molar-refractivity contribution in [1.29, 1.82) is 0 Å². The number of ketones is 1. The number of hydrogen-bond donors (Lipinski definition) is 0. The molecule has 1 amide bonds. The van der Waals surface area contributed by atoms with Crippen LogP contribution in [-0.2, 0) is 11.8 Å². The van der Waals surface area contributed by atoms with Gasteiger partial charge in [-0.1, -0.05) is 48.5 Å². The number of ether oxygens (including phenoxy) is 1. The molecule has 34 heavy (non-hydrogen) atoms. The zero-order valence-electron chi connectivity index (χ0n) is 19.4. The monoisotopic (exact) mass is 455 g/mol. The normalized spacial score (nSPS) is 23.3. The van der Waals surface area contributed by atoms with Crippen molar-refractivity contribution in [1.82, 2.24) is 14.7 Å². The van der Waals surface area contributed by atoms with Crippen LogP contribution in [0.15, 0.2) is 60.9 Å². The number of hydrogen-bond acceptors (Lipinski definition) is 4. The Morgan fingerprint density at radius 1 is 0.971 bits per heavy atom. The first-order valence-electron chi connectivity index (χ1n) is 12.3. The lowest BCUT2D eigenvalue weighted by Crippen LogP contribution is -2.55. The molecule has 6 heteroatoms. The van der Waals surface area contributed by atoms with E-state index in [1.807, 2.05) is 24.1 Å². The second-order valence-electron chi connectivity index (χ2n) is 9.89. The molecule has 0 spiro atoms.